The summed E-state index contributed by atoms with van der Waals surface area (Å²) in [6.45, 7) is 2.62. The Morgan fingerprint density at radius 1 is 0.909 bits per heavy atom. The molecule has 114 valence electrons. The van der Waals surface area contributed by atoms with Crippen molar-refractivity contribution in [1.29, 1.82) is 0 Å². The SMILES string of the molecule is CC(=O)COc1ccc(Oc2ccccc2)cc1OC(C)=O. The Balaban J connectivity index is 2.22. The molecule has 0 radical (unpaired) electrons. The predicted octanol–water partition coefficient (Wildman–Crippen LogP) is 3.37. The normalized spacial score (nSPS) is 9.91. The first-order valence-electron chi connectivity index (χ1n) is 6.72. The molecule has 0 saturated heterocycles. The highest BCUT2D eigenvalue weighted by molar-refractivity contribution is 5.77. The van der Waals surface area contributed by atoms with Crippen LogP contribution in [0.3, 0.4) is 0 Å². The van der Waals surface area contributed by atoms with Gasteiger partial charge in [-0.25, -0.2) is 0 Å². The summed E-state index contributed by atoms with van der Waals surface area (Å²) in [5, 5.41) is 0. The van der Waals surface area contributed by atoms with Crippen LogP contribution in [-0.4, -0.2) is 18.4 Å². The van der Waals surface area contributed by atoms with E-state index in [1.165, 1.54) is 13.8 Å². The molecule has 2 aromatic carbocycles. The van der Waals surface area contributed by atoms with E-state index in [1.807, 2.05) is 30.3 Å². The Bertz CT molecular complexity index is 664. The number of carbonyl (C=O) groups excluding carboxylic acids is 2. The van der Waals surface area contributed by atoms with Crippen molar-refractivity contribution in [1.82, 2.24) is 0 Å². The number of ether oxygens (including phenoxy) is 3. The van der Waals surface area contributed by atoms with Crippen molar-refractivity contribution in [3.05, 3.63) is 48.5 Å². The maximum atomic E-state index is 11.2. The maximum Gasteiger partial charge on any atom is 0.308 e. The summed E-state index contributed by atoms with van der Waals surface area (Å²) in [5.41, 5.74) is 0. The van der Waals surface area contributed by atoms with Crippen LogP contribution in [0, 0.1) is 0 Å². The summed E-state index contributed by atoms with van der Waals surface area (Å²) in [6.07, 6.45) is 0. The van der Waals surface area contributed by atoms with Gasteiger partial charge in [-0.3, -0.25) is 9.59 Å². The average molecular weight is 300 g/mol. The largest absolute Gasteiger partial charge is 0.482 e. The maximum absolute atomic E-state index is 11.2. The first-order chi connectivity index (χ1) is 10.5. The van der Waals surface area contributed by atoms with Gasteiger partial charge in [0.2, 0.25) is 0 Å². The number of ketones is 1. The van der Waals surface area contributed by atoms with Gasteiger partial charge in [0.05, 0.1) is 0 Å². The van der Waals surface area contributed by atoms with Crippen molar-refractivity contribution in [3.8, 4) is 23.0 Å². The lowest BCUT2D eigenvalue weighted by atomic mass is 10.3. The second-order valence-electron chi connectivity index (χ2n) is 4.61. The molecule has 2 rings (SSSR count). The quantitative estimate of drug-likeness (QED) is 0.604. The number of esters is 1. The number of hydrogen-bond donors (Lipinski definition) is 0. The molecule has 0 N–H and O–H groups in total. The van der Waals surface area contributed by atoms with E-state index in [2.05, 4.69) is 0 Å². The standard InChI is InChI=1S/C17H16O5/c1-12(18)11-20-16-9-8-15(10-17(16)21-13(2)19)22-14-6-4-3-5-7-14/h3-10H,11H2,1-2H3. The van der Waals surface area contributed by atoms with Crippen molar-refractivity contribution in [2.45, 2.75) is 13.8 Å². The minimum Gasteiger partial charge on any atom is -0.482 e. The van der Waals surface area contributed by atoms with Gasteiger partial charge in [-0.1, -0.05) is 18.2 Å². The molecular weight excluding hydrogens is 284 g/mol. The molecule has 5 heteroatoms. The Morgan fingerprint density at radius 3 is 2.27 bits per heavy atom. The monoisotopic (exact) mass is 300 g/mol. The molecule has 0 aromatic heterocycles. The molecule has 0 spiro atoms. The first kappa shape index (κ1) is 15.6. The van der Waals surface area contributed by atoms with Crippen molar-refractivity contribution in [3.63, 3.8) is 0 Å². The van der Waals surface area contributed by atoms with Crippen LogP contribution in [0.1, 0.15) is 13.8 Å². The third-order valence-corrected chi connectivity index (χ3v) is 2.58. The summed E-state index contributed by atoms with van der Waals surface area (Å²) in [5.74, 6) is 1.07. The molecule has 0 heterocycles. The fourth-order valence-corrected chi connectivity index (χ4v) is 1.71. The molecule has 0 bridgehead atoms. The number of carbonyl (C=O) groups is 2. The number of para-hydroxylation sites is 1. The predicted molar refractivity (Wildman–Crippen MR) is 80.4 cm³/mol. The first-order valence-corrected chi connectivity index (χ1v) is 6.72. The average Bonchev–Trinajstić information content (AvgIpc) is 2.47. The lowest BCUT2D eigenvalue weighted by molar-refractivity contribution is -0.132. The van der Waals surface area contributed by atoms with Crippen molar-refractivity contribution in [2.75, 3.05) is 6.61 Å². The van der Waals surface area contributed by atoms with Crippen LogP contribution in [0.2, 0.25) is 0 Å². The van der Waals surface area contributed by atoms with Crippen LogP contribution in [0.5, 0.6) is 23.0 Å². The smallest absolute Gasteiger partial charge is 0.308 e. The van der Waals surface area contributed by atoms with Gasteiger partial charge in [-0.2, -0.15) is 0 Å². The lowest BCUT2D eigenvalue weighted by Gasteiger charge is -2.12. The second kappa shape index (κ2) is 7.26. The topological polar surface area (TPSA) is 61.8 Å². The fraction of sp³-hybridized carbons (Fsp3) is 0.176. The molecule has 0 aliphatic rings. The van der Waals surface area contributed by atoms with E-state index in [-0.39, 0.29) is 18.1 Å². The Kier molecular flexibility index (Phi) is 5.14. The summed E-state index contributed by atoms with van der Waals surface area (Å²) < 4.78 is 16.1. The molecule has 0 fully saturated rings. The summed E-state index contributed by atoms with van der Waals surface area (Å²) in [6, 6.07) is 14.0. The van der Waals surface area contributed by atoms with E-state index >= 15 is 0 Å². The molecule has 5 nitrogen and oxygen atoms in total. The lowest BCUT2D eigenvalue weighted by Crippen LogP contribution is -2.09. The Labute approximate surface area is 128 Å². The molecule has 22 heavy (non-hydrogen) atoms. The van der Waals surface area contributed by atoms with E-state index in [9.17, 15) is 9.59 Å². The van der Waals surface area contributed by atoms with Gasteiger partial charge in [0.1, 0.15) is 18.1 Å². The molecule has 0 atom stereocenters. The van der Waals surface area contributed by atoms with E-state index in [4.69, 9.17) is 14.2 Å². The third kappa shape index (κ3) is 4.63. The van der Waals surface area contributed by atoms with Gasteiger partial charge >= 0.3 is 5.97 Å². The van der Waals surface area contributed by atoms with E-state index in [1.54, 1.807) is 18.2 Å². The molecule has 0 saturated carbocycles. The van der Waals surface area contributed by atoms with Crippen LogP contribution in [-0.2, 0) is 9.59 Å². The van der Waals surface area contributed by atoms with Crippen molar-refractivity contribution >= 4 is 11.8 Å². The van der Waals surface area contributed by atoms with Gasteiger partial charge < -0.3 is 14.2 Å². The van der Waals surface area contributed by atoms with Gasteiger partial charge in [-0.15, -0.1) is 0 Å². The molecule has 0 aliphatic heterocycles. The van der Waals surface area contributed by atoms with Crippen LogP contribution < -0.4 is 14.2 Å². The zero-order valence-corrected chi connectivity index (χ0v) is 12.4. The number of rotatable bonds is 6. The summed E-state index contributed by atoms with van der Waals surface area (Å²) >= 11 is 0. The Morgan fingerprint density at radius 2 is 1.64 bits per heavy atom. The molecule has 0 amide bonds. The van der Waals surface area contributed by atoms with E-state index < -0.39 is 5.97 Å². The highest BCUT2D eigenvalue weighted by Crippen LogP contribution is 2.33. The zero-order chi connectivity index (χ0) is 15.9. The molecule has 2 aromatic rings. The molecular formula is C17H16O5. The van der Waals surface area contributed by atoms with Crippen LogP contribution in [0.15, 0.2) is 48.5 Å². The zero-order valence-electron chi connectivity index (χ0n) is 12.4. The van der Waals surface area contributed by atoms with Gasteiger partial charge in [0, 0.05) is 13.0 Å². The van der Waals surface area contributed by atoms with Gasteiger partial charge in [0.15, 0.2) is 17.3 Å². The van der Waals surface area contributed by atoms with Crippen LogP contribution >= 0.6 is 0 Å². The van der Waals surface area contributed by atoms with E-state index in [0.29, 0.717) is 17.2 Å². The summed E-state index contributed by atoms with van der Waals surface area (Å²) in [7, 11) is 0. The minimum atomic E-state index is -0.482. The van der Waals surface area contributed by atoms with Crippen molar-refractivity contribution < 1.29 is 23.8 Å². The van der Waals surface area contributed by atoms with E-state index in [0.717, 1.165) is 0 Å². The van der Waals surface area contributed by atoms with Crippen LogP contribution in [0.25, 0.3) is 0 Å². The highest BCUT2D eigenvalue weighted by Gasteiger charge is 2.11. The summed E-state index contributed by atoms with van der Waals surface area (Å²) in [4.78, 5) is 22.2. The third-order valence-electron chi connectivity index (χ3n) is 2.58. The minimum absolute atomic E-state index is 0.0901. The fourth-order valence-electron chi connectivity index (χ4n) is 1.71. The van der Waals surface area contributed by atoms with Crippen molar-refractivity contribution in [2.24, 2.45) is 0 Å². The number of benzene rings is 2. The van der Waals surface area contributed by atoms with Gasteiger partial charge in [-0.05, 0) is 31.2 Å². The Hall–Kier alpha value is -2.82. The number of hydrogen-bond acceptors (Lipinski definition) is 5. The van der Waals surface area contributed by atoms with Gasteiger partial charge in [0.25, 0.3) is 0 Å². The molecule has 0 aliphatic carbocycles. The van der Waals surface area contributed by atoms with Crippen LogP contribution in [0.4, 0.5) is 0 Å². The number of Topliss-reactive ketones (excluding diaryl/α,β-unsaturated/α-hetero) is 1. The highest BCUT2D eigenvalue weighted by atomic mass is 16.6. The molecule has 0 unspecified atom stereocenters. The second-order valence-corrected chi connectivity index (χ2v) is 4.61.